The van der Waals surface area contributed by atoms with Crippen molar-refractivity contribution in [3.63, 3.8) is 0 Å². The van der Waals surface area contributed by atoms with Crippen LogP contribution in [0.1, 0.15) is 123 Å². The van der Waals surface area contributed by atoms with E-state index >= 15 is 0 Å². The fourth-order valence-corrected chi connectivity index (χ4v) is 3.93. The minimum absolute atomic E-state index is 0.00631. The number of carbonyl (C=O) groups excluding carboxylic acids is 3. The molecule has 0 radical (unpaired) electrons. The Morgan fingerprint density at radius 2 is 1.18 bits per heavy atom. The van der Waals surface area contributed by atoms with Crippen molar-refractivity contribution in [2.75, 3.05) is 13.1 Å². The van der Waals surface area contributed by atoms with Crippen LogP contribution in [0.4, 0.5) is 0 Å². The van der Waals surface area contributed by atoms with E-state index in [0.717, 1.165) is 51.4 Å². The molecule has 0 heterocycles. The summed E-state index contributed by atoms with van der Waals surface area (Å²) in [6.07, 6.45) is 20.6. The fraction of sp³-hybridized carbons (Fsp3) is 0.759. The Bertz CT molecular complexity index is 572. The van der Waals surface area contributed by atoms with Crippen molar-refractivity contribution >= 4 is 17.7 Å². The van der Waals surface area contributed by atoms with Crippen LogP contribution >= 0.6 is 0 Å². The summed E-state index contributed by atoms with van der Waals surface area (Å²) in [7, 11) is 0. The lowest BCUT2D eigenvalue weighted by molar-refractivity contribution is -0.145. The highest BCUT2D eigenvalue weighted by molar-refractivity contribution is 5.95. The normalized spacial score (nSPS) is 10.8. The van der Waals surface area contributed by atoms with Gasteiger partial charge in [0.2, 0.25) is 17.7 Å². The lowest BCUT2D eigenvalue weighted by Gasteiger charge is -2.22. The molecule has 0 saturated heterocycles. The van der Waals surface area contributed by atoms with Gasteiger partial charge in [0.05, 0.1) is 0 Å². The molecule has 0 aromatic rings. The van der Waals surface area contributed by atoms with E-state index in [1.807, 2.05) is 26.0 Å². The third-order valence-electron chi connectivity index (χ3n) is 5.95. The first-order chi connectivity index (χ1) is 16.4. The van der Waals surface area contributed by atoms with Crippen molar-refractivity contribution < 1.29 is 14.4 Å². The van der Waals surface area contributed by atoms with Gasteiger partial charge in [-0.2, -0.15) is 0 Å². The average Bonchev–Trinajstić information content (AvgIpc) is 2.79. The van der Waals surface area contributed by atoms with Gasteiger partial charge in [-0.25, -0.2) is 0 Å². The predicted octanol–water partition coefficient (Wildman–Crippen LogP) is 7.12. The number of nitrogens with zero attached hydrogens (tertiary/aromatic N) is 1. The van der Waals surface area contributed by atoms with Crippen molar-refractivity contribution in [3.8, 4) is 0 Å². The minimum atomic E-state index is -0.130. The predicted molar refractivity (Wildman–Crippen MR) is 143 cm³/mol. The lowest BCUT2D eigenvalue weighted by atomic mass is 10.1. The quantitative estimate of drug-likeness (QED) is 0.126. The van der Waals surface area contributed by atoms with Crippen LogP contribution in [-0.2, 0) is 14.4 Å². The number of rotatable bonds is 23. The molecule has 0 aliphatic carbocycles. The van der Waals surface area contributed by atoms with E-state index < -0.39 is 0 Å². The summed E-state index contributed by atoms with van der Waals surface area (Å²) in [5, 5.41) is 2.89. The number of hydrogen-bond donors (Lipinski definition) is 1. The molecule has 0 aliphatic rings. The average molecular weight is 477 g/mol. The van der Waals surface area contributed by atoms with Crippen LogP contribution in [0.5, 0.6) is 0 Å². The first-order valence-corrected chi connectivity index (χ1v) is 13.7. The second kappa shape index (κ2) is 22.9. The molecule has 0 rings (SSSR count). The molecule has 0 aromatic heterocycles. The third-order valence-corrected chi connectivity index (χ3v) is 5.95. The van der Waals surface area contributed by atoms with Crippen molar-refractivity contribution in [2.24, 2.45) is 5.92 Å². The first kappa shape index (κ1) is 32.1. The van der Waals surface area contributed by atoms with Crippen LogP contribution in [0.15, 0.2) is 25.3 Å². The Labute approximate surface area is 209 Å². The Kier molecular flexibility index (Phi) is 21.6. The Morgan fingerprint density at radius 3 is 1.68 bits per heavy atom. The summed E-state index contributed by atoms with van der Waals surface area (Å²) in [6.45, 7) is 12.0. The molecular weight excluding hydrogens is 424 g/mol. The van der Waals surface area contributed by atoms with E-state index in [1.54, 1.807) is 0 Å². The monoisotopic (exact) mass is 476 g/mol. The van der Waals surface area contributed by atoms with Gasteiger partial charge in [-0.3, -0.25) is 19.3 Å². The van der Waals surface area contributed by atoms with E-state index in [2.05, 4.69) is 18.5 Å². The maximum atomic E-state index is 12.7. The molecule has 0 aromatic carbocycles. The van der Waals surface area contributed by atoms with Crippen LogP contribution in [0.2, 0.25) is 0 Å². The summed E-state index contributed by atoms with van der Waals surface area (Å²) in [6, 6.07) is 0. The minimum Gasteiger partial charge on any atom is -0.354 e. The molecule has 3 amide bonds. The van der Waals surface area contributed by atoms with Crippen LogP contribution in [0, 0.1) is 5.92 Å². The van der Waals surface area contributed by atoms with Gasteiger partial charge in [-0.15, -0.1) is 13.2 Å². The molecule has 0 fully saturated rings. The Morgan fingerprint density at radius 1 is 0.706 bits per heavy atom. The van der Waals surface area contributed by atoms with Crippen LogP contribution in [0.3, 0.4) is 0 Å². The molecule has 1 N–H and O–H groups in total. The van der Waals surface area contributed by atoms with Gasteiger partial charge in [0.15, 0.2) is 0 Å². The van der Waals surface area contributed by atoms with Gasteiger partial charge in [0, 0.05) is 32.4 Å². The largest absolute Gasteiger partial charge is 0.354 e. The van der Waals surface area contributed by atoms with Gasteiger partial charge in [0.1, 0.15) is 0 Å². The van der Waals surface area contributed by atoms with Crippen molar-refractivity contribution in [2.45, 2.75) is 123 Å². The number of nitrogens with one attached hydrogen (secondary N) is 1. The van der Waals surface area contributed by atoms with E-state index in [1.165, 1.54) is 43.4 Å². The molecule has 196 valence electrons. The highest BCUT2D eigenvalue weighted by Gasteiger charge is 2.21. The van der Waals surface area contributed by atoms with E-state index in [4.69, 9.17) is 0 Å². The highest BCUT2D eigenvalue weighted by atomic mass is 16.2. The summed E-state index contributed by atoms with van der Waals surface area (Å²) < 4.78 is 0. The number of carbonyl (C=O) groups is 3. The number of amides is 3. The molecule has 0 atom stereocenters. The standard InChI is InChI=1S/C29H52N2O3/c1-5-7-9-11-13-15-17-19-21-27(32)30-23-24-31(29(34)25-26(3)4)28(33)22-20-18-16-14-12-10-8-6-2/h5-6,26H,1-2,7-25H2,3-4H3,(H,30,32). The Hall–Kier alpha value is -1.91. The highest BCUT2D eigenvalue weighted by Crippen LogP contribution is 2.12. The van der Waals surface area contributed by atoms with Crippen molar-refractivity contribution in [1.29, 1.82) is 0 Å². The molecule has 34 heavy (non-hydrogen) atoms. The Balaban J connectivity index is 4.19. The van der Waals surface area contributed by atoms with Crippen molar-refractivity contribution in [3.05, 3.63) is 25.3 Å². The molecule has 5 heteroatoms. The number of unbranched alkanes of at least 4 members (excludes halogenated alkanes) is 12. The lowest BCUT2D eigenvalue weighted by Crippen LogP contribution is -2.42. The second-order valence-corrected chi connectivity index (χ2v) is 9.78. The zero-order valence-electron chi connectivity index (χ0n) is 22.3. The smallest absolute Gasteiger partial charge is 0.229 e. The summed E-state index contributed by atoms with van der Waals surface area (Å²) >= 11 is 0. The molecule has 0 bridgehead atoms. The van der Waals surface area contributed by atoms with Crippen LogP contribution in [0.25, 0.3) is 0 Å². The molecular formula is C29H52N2O3. The molecule has 5 nitrogen and oxygen atoms in total. The number of imide groups is 1. The third kappa shape index (κ3) is 19.5. The summed E-state index contributed by atoms with van der Waals surface area (Å²) in [5.41, 5.74) is 0. The molecule has 0 aliphatic heterocycles. The van der Waals surface area contributed by atoms with Crippen molar-refractivity contribution in [1.82, 2.24) is 10.2 Å². The fourth-order valence-electron chi connectivity index (χ4n) is 3.93. The van der Waals surface area contributed by atoms with Crippen LogP contribution in [-0.4, -0.2) is 35.7 Å². The number of hydrogen-bond acceptors (Lipinski definition) is 3. The SMILES string of the molecule is C=CCCCCCCCCC(=O)NCCN(C(=O)CCCCCCCCC=C)C(=O)CC(C)C. The van der Waals surface area contributed by atoms with Crippen LogP contribution < -0.4 is 5.32 Å². The first-order valence-electron chi connectivity index (χ1n) is 13.7. The summed E-state index contributed by atoms with van der Waals surface area (Å²) in [4.78, 5) is 38.9. The zero-order chi connectivity index (χ0) is 25.4. The maximum absolute atomic E-state index is 12.7. The number of allylic oxidation sites excluding steroid dienone is 2. The molecule has 0 spiro atoms. The topological polar surface area (TPSA) is 66.5 Å². The zero-order valence-corrected chi connectivity index (χ0v) is 22.3. The maximum Gasteiger partial charge on any atom is 0.229 e. The summed E-state index contributed by atoms with van der Waals surface area (Å²) in [5.74, 6) is -0.0327. The van der Waals surface area contributed by atoms with Gasteiger partial charge in [0.25, 0.3) is 0 Å². The van der Waals surface area contributed by atoms with E-state index in [0.29, 0.717) is 25.8 Å². The van der Waals surface area contributed by atoms with E-state index in [-0.39, 0.29) is 30.2 Å². The molecule has 0 saturated carbocycles. The van der Waals surface area contributed by atoms with E-state index in [9.17, 15) is 14.4 Å². The van der Waals surface area contributed by atoms with Gasteiger partial charge >= 0.3 is 0 Å². The van der Waals surface area contributed by atoms with Gasteiger partial charge < -0.3 is 5.32 Å². The second-order valence-electron chi connectivity index (χ2n) is 9.78. The van der Waals surface area contributed by atoms with Gasteiger partial charge in [-0.1, -0.05) is 77.4 Å². The van der Waals surface area contributed by atoms with Gasteiger partial charge in [-0.05, 0) is 44.4 Å². The molecule has 0 unspecified atom stereocenters.